The SMILES string of the molecule is C#C[C@@H]1CCCCN1C. The Morgan fingerprint density at radius 1 is 1.56 bits per heavy atom. The highest BCUT2D eigenvalue weighted by Gasteiger charge is 2.14. The van der Waals surface area contributed by atoms with E-state index in [-0.39, 0.29) is 0 Å². The van der Waals surface area contributed by atoms with Gasteiger partial charge in [-0.1, -0.05) is 5.92 Å². The Bertz CT molecular complexity index is 123. The van der Waals surface area contributed by atoms with Gasteiger partial charge >= 0.3 is 0 Å². The van der Waals surface area contributed by atoms with E-state index in [1.165, 1.54) is 25.8 Å². The summed E-state index contributed by atoms with van der Waals surface area (Å²) in [6.45, 7) is 1.18. The lowest BCUT2D eigenvalue weighted by molar-refractivity contribution is 0.229. The summed E-state index contributed by atoms with van der Waals surface area (Å²) in [5, 5.41) is 0. The van der Waals surface area contributed by atoms with Crippen LogP contribution in [0.2, 0.25) is 0 Å². The van der Waals surface area contributed by atoms with Crippen molar-refractivity contribution in [1.29, 1.82) is 0 Å². The molecule has 1 atom stereocenters. The first-order valence-electron chi connectivity index (χ1n) is 3.51. The van der Waals surface area contributed by atoms with Crippen molar-refractivity contribution in [2.24, 2.45) is 0 Å². The number of hydrogen-bond donors (Lipinski definition) is 0. The Balaban J connectivity index is 2.41. The highest BCUT2D eigenvalue weighted by Crippen LogP contribution is 2.13. The quantitative estimate of drug-likeness (QED) is 0.436. The van der Waals surface area contributed by atoms with E-state index < -0.39 is 0 Å². The van der Waals surface area contributed by atoms with Crippen LogP contribution in [0.3, 0.4) is 0 Å². The highest BCUT2D eigenvalue weighted by atomic mass is 15.1. The Hall–Kier alpha value is -0.480. The lowest BCUT2D eigenvalue weighted by Crippen LogP contribution is -2.34. The zero-order valence-electron chi connectivity index (χ0n) is 5.93. The van der Waals surface area contributed by atoms with Gasteiger partial charge in [0.25, 0.3) is 0 Å². The van der Waals surface area contributed by atoms with Crippen LogP contribution >= 0.6 is 0 Å². The molecule has 0 aromatic heterocycles. The fraction of sp³-hybridized carbons (Fsp3) is 0.750. The molecule has 1 aliphatic rings. The molecule has 1 fully saturated rings. The second-order valence-electron chi connectivity index (χ2n) is 2.66. The van der Waals surface area contributed by atoms with Crippen molar-refractivity contribution in [3.8, 4) is 12.3 Å². The fourth-order valence-corrected chi connectivity index (χ4v) is 1.29. The smallest absolute Gasteiger partial charge is 0.0709 e. The van der Waals surface area contributed by atoms with Gasteiger partial charge in [0, 0.05) is 0 Å². The van der Waals surface area contributed by atoms with Gasteiger partial charge in [-0.05, 0) is 32.9 Å². The molecule has 0 spiro atoms. The van der Waals surface area contributed by atoms with Crippen molar-refractivity contribution in [2.75, 3.05) is 13.6 Å². The summed E-state index contributed by atoms with van der Waals surface area (Å²) in [6.07, 6.45) is 9.11. The van der Waals surface area contributed by atoms with E-state index in [1.807, 2.05) is 0 Å². The maximum atomic E-state index is 5.30. The molecule has 0 unspecified atom stereocenters. The van der Waals surface area contributed by atoms with E-state index >= 15 is 0 Å². The minimum Gasteiger partial charge on any atom is -0.293 e. The third-order valence-electron chi connectivity index (χ3n) is 1.96. The third-order valence-corrected chi connectivity index (χ3v) is 1.96. The molecule has 0 radical (unpaired) electrons. The second kappa shape index (κ2) is 2.89. The molecule has 0 bridgehead atoms. The van der Waals surface area contributed by atoms with Gasteiger partial charge in [0.15, 0.2) is 0 Å². The normalized spacial score (nSPS) is 29.6. The van der Waals surface area contributed by atoms with Gasteiger partial charge in [0.05, 0.1) is 6.04 Å². The van der Waals surface area contributed by atoms with Gasteiger partial charge in [-0.15, -0.1) is 6.42 Å². The number of hydrogen-bond acceptors (Lipinski definition) is 1. The minimum atomic E-state index is 0.416. The fourth-order valence-electron chi connectivity index (χ4n) is 1.29. The molecule has 1 heterocycles. The van der Waals surface area contributed by atoms with Crippen molar-refractivity contribution in [1.82, 2.24) is 4.90 Å². The van der Waals surface area contributed by atoms with Crippen LogP contribution in [0.25, 0.3) is 0 Å². The summed E-state index contributed by atoms with van der Waals surface area (Å²) in [4.78, 5) is 2.25. The molecule has 1 heteroatoms. The zero-order chi connectivity index (χ0) is 6.69. The molecule has 1 nitrogen and oxygen atoms in total. The van der Waals surface area contributed by atoms with Crippen LogP contribution in [-0.2, 0) is 0 Å². The van der Waals surface area contributed by atoms with Crippen molar-refractivity contribution in [3.05, 3.63) is 0 Å². The largest absolute Gasteiger partial charge is 0.293 e. The first kappa shape index (κ1) is 6.64. The average molecular weight is 123 g/mol. The Morgan fingerprint density at radius 2 is 2.33 bits per heavy atom. The van der Waals surface area contributed by atoms with E-state index in [4.69, 9.17) is 6.42 Å². The topological polar surface area (TPSA) is 3.24 Å². The van der Waals surface area contributed by atoms with Gasteiger partial charge in [0.1, 0.15) is 0 Å². The van der Waals surface area contributed by atoms with E-state index in [2.05, 4.69) is 17.9 Å². The van der Waals surface area contributed by atoms with Gasteiger partial charge in [-0.25, -0.2) is 0 Å². The molecule has 1 saturated heterocycles. The third kappa shape index (κ3) is 1.46. The van der Waals surface area contributed by atoms with Gasteiger partial charge < -0.3 is 0 Å². The summed E-state index contributed by atoms with van der Waals surface area (Å²) in [5.41, 5.74) is 0. The van der Waals surface area contributed by atoms with Crippen molar-refractivity contribution in [3.63, 3.8) is 0 Å². The lowest BCUT2D eigenvalue weighted by atomic mass is 10.0. The number of terminal acetylenes is 1. The summed E-state index contributed by atoms with van der Waals surface area (Å²) in [5.74, 6) is 2.78. The Labute approximate surface area is 57.0 Å². The number of rotatable bonds is 0. The lowest BCUT2D eigenvalue weighted by Gasteiger charge is -2.28. The molecule has 0 amide bonds. The maximum absolute atomic E-state index is 5.30. The molecule has 1 aliphatic heterocycles. The molecule has 50 valence electrons. The zero-order valence-corrected chi connectivity index (χ0v) is 5.93. The number of likely N-dealkylation sites (tertiary alicyclic amines) is 1. The first-order valence-corrected chi connectivity index (χ1v) is 3.51. The molecule has 0 aliphatic carbocycles. The molecule has 0 aromatic rings. The summed E-state index contributed by atoms with van der Waals surface area (Å²) < 4.78 is 0. The monoisotopic (exact) mass is 123 g/mol. The van der Waals surface area contributed by atoms with Crippen LogP contribution in [0.4, 0.5) is 0 Å². The summed E-state index contributed by atoms with van der Waals surface area (Å²) >= 11 is 0. The van der Waals surface area contributed by atoms with Crippen LogP contribution in [0.5, 0.6) is 0 Å². The minimum absolute atomic E-state index is 0.416. The van der Waals surface area contributed by atoms with Crippen LogP contribution in [-0.4, -0.2) is 24.5 Å². The van der Waals surface area contributed by atoms with Crippen LogP contribution in [0.1, 0.15) is 19.3 Å². The van der Waals surface area contributed by atoms with Crippen LogP contribution in [0.15, 0.2) is 0 Å². The summed E-state index contributed by atoms with van der Waals surface area (Å²) in [7, 11) is 2.10. The van der Waals surface area contributed by atoms with Gasteiger partial charge in [-0.2, -0.15) is 0 Å². The molecule has 1 rings (SSSR count). The van der Waals surface area contributed by atoms with E-state index in [0.29, 0.717) is 6.04 Å². The van der Waals surface area contributed by atoms with E-state index in [9.17, 15) is 0 Å². The van der Waals surface area contributed by atoms with Crippen molar-refractivity contribution >= 4 is 0 Å². The number of piperidine rings is 1. The van der Waals surface area contributed by atoms with Crippen LogP contribution < -0.4 is 0 Å². The molecule has 0 aromatic carbocycles. The van der Waals surface area contributed by atoms with Crippen molar-refractivity contribution in [2.45, 2.75) is 25.3 Å². The van der Waals surface area contributed by atoms with Crippen LogP contribution in [0, 0.1) is 12.3 Å². The molecular weight excluding hydrogens is 110 g/mol. The second-order valence-corrected chi connectivity index (χ2v) is 2.66. The average Bonchev–Trinajstić information content (AvgIpc) is 1.89. The van der Waals surface area contributed by atoms with Crippen molar-refractivity contribution < 1.29 is 0 Å². The standard InChI is InChI=1S/C8H13N/c1-3-8-6-4-5-7-9(8)2/h1,8H,4-7H2,2H3/t8-/m1/s1. The highest BCUT2D eigenvalue weighted by molar-refractivity contribution is 5.00. The van der Waals surface area contributed by atoms with Gasteiger partial charge in [-0.3, -0.25) is 4.90 Å². The molecular formula is C8H13N. The van der Waals surface area contributed by atoms with E-state index in [1.54, 1.807) is 0 Å². The molecule has 0 N–H and O–H groups in total. The maximum Gasteiger partial charge on any atom is 0.0709 e. The Kier molecular flexibility index (Phi) is 2.13. The van der Waals surface area contributed by atoms with E-state index in [0.717, 1.165) is 0 Å². The molecule has 0 saturated carbocycles. The predicted octanol–water partition coefficient (Wildman–Crippen LogP) is 1.10. The predicted molar refractivity (Wildman–Crippen MR) is 39.1 cm³/mol. The molecule has 9 heavy (non-hydrogen) atoms. The number of nitrogens with zero attached hydrogens (tertiary/aromatic N) is 1. The first-order chi connectivity index (χ1) is 4.34. The Morgan fingerprint density at radius 3 is 2.78 bits per heavy atom. The summed E-state index contributed by atoms with van der Waals surface area (Å²) in [6, 6.07) is 0.416. The van der Waals surface area contributed by atoms with Gasteiger partial charge in [0.2, 0.25) is 0 Å².